The fourth-order valence-corrected chi connectivity index (χ4v) is 7.88. The van der Waals surface area contributed by atoms with Crippen LogP contribution in [0.5, 0.6) is 0 Å². The molecular formula is C46H28N6. The number of fused-ring (bicyclic) bond motifs is 9. The summed E-state index contributed by atoms with van der Waals surface area (Å²) in [5, 5.41) is 4.88. The predicted octanol–water partition coefficient (Wildman–Crippen LogP) is 11.1. The highest BCUT2D eigenvalue weighted by Gasteiger charge is 2.21. The molecule has 11 aromatic rings. The van der Waals surface area contributed by atoms with Gasteiger partial charge in [-0.05, 0) is 72.8 Å². The first-order chi connectivity index (χ1) is 25.8. The fourth-order valence-electron chi connectivity index (χ4n) is 7.88. The fraction of sp³-hybridized carbons (Fsp3) is 0. The molecule has 242 valence electrons. The molecule has 7 aromatic carbocycles. The maximum atomic E-state index is 4.96. The van der Waals surface area contributed by atoms with Gasteiger partial charge in [0, 0.05) is 44.0 Å². The number of hydrogen-bond donors (Lipinski definition) is 0. The van der Waals surface area contributed by atoms with Gasteiger partial charge in [0.05, 0.1) is 67.9 Å². The summed E-state index contributed by atoms with van der Waals surface area (Å²) in [6.07, 6.45) is 3.74. The van der Waals surface area contributed by atoms with Gasteiger partial charge >= 0.3 is 0 Å². The lowest BCUT2D eigenvalue weighted by Gasteiger charge is -2.11. The molecule has 4 aromatic heterocycles. The highest BCUT2D eigenvalue weighted by molar-refractivity contribution is 6.28. The molecule has 6 nitrogen and oxygen atoms in total. The minimum absolute atomic E-state index is 0.851. The van der Waals surface area contributed by atoms with Crippen LogP contribution in [0.2, 0.25) is 0 Å². The summed E-state index contributed by atoms with van der Waals surface area (Å²) in [6.45, 7) is 0. The van der Waals surface area contributed by atoms with Crippen LogP contribution >= 0.6 is 0 Å². The van der Waals surface area contributed by atoms with Crippen LogP contribution in [-0.4, -0.2) is 29.1 Å². The number of nitrogens with zero attached hydrogens (tertiary/aromatic N) is 6. The van der Waals surface area contributed by atoms with Gasteiger partial charge < -0.3 is 9.13 Å². The molecular weight excluding hydrogens is 637 g/mol. The minimum Gasteiger partial charge on any atom is -0.309 e. The van der Waals surface area contributed by atoms with E-state index in [1.165, 1.54) is 21.5 Å². The van der Waals surface area contributed by atoms with Crippen molar-refractivity contribution in [2.75, 3.05) is 0 Å². The Kier molecular flexibility index (Phi) is 6.15. The summed E-state index contributed by atoms with van der Waals surface area (Å²) >= 11 is 0. The van der Waals surface area contributed by atoms with E-state index in [1.807, 2.05) is 60.9 Å². The molecule has 0 aliphatic carbocycles. The number of rotatable bonds is 4. The van der Waals surface area contributed by atoms with E-state index in [4.69, 9.17) is 19.9 Å². The van der Waals surface area contributed by atoms with Crippen molar-refractivity contribution in [1.82, 2.24) is 29.1 Å². The van der Waals surface area contributed by atoms with Crippen molar-refractivity contribution in [3.63, 3.8) is 0 Å². The van der Waals surface area contributed by atoms with E-state index in [9.17, 15) is 0 Å². The predicted molar refractivity (Wildman–Crippen MR) is 212 cm³/mol. The Balaban J connectivity index is 1.13. The van der Waals surface area contributed by atoms with Crippen LogP contribution in [-0.2, 0) is 0 Å². The zero-order valence-corrected chi connectivity index (χ0v) is 27.8. The maximum absolute atomic E-state index is 4.96. The molecule has 0 saturated carbocycles. The molecule has 0 aliphatic rings. The molecule has 0 fully saturated rings. The third-order valence-corrected chi connectivity index (χ3v) is 10.2. The highest BCUT2D eigenvalue weighted by atomic mass is 15.0. The lowest BCUT2D eigenvalue weighted by Crippen LogP contribution is -1.96. The summed E-state index contributed by atoms with van der Waals surface area (Å²) in [5.74, 6) is 0. The Labute approximate surface area is 297 Å². The Morgan fingerprint density at radius 1 is 0.346 bits per heavy atom. The van der Waals surface area contributed by atoms with Gasteiger partial charge in [-0.2, -0.15) is 0 Å². The molecule has 0 unspecified atom stereocenters. The highest BCUT2D eigenvalue weighted by Crippen LogP contribution is 2.42. The monoisotopic (exact) mass is 664 g/mol. The summed E-state index contributed by atoms with van der Waals surface area (Å²) in [7, 11) is 0. The minimum atomic E-state index is 0.851. The molecule has 6 heteroatoms. The second kappa shape index (κ2) is 11.2. The summed E-state index contributed by atoms with van der Waals surface area (Å²) < 4.78 is 4.76. The van der Waals surface area contributed by atoms with E-state index < -0.39 is 0 Å². The van der Waals surface area contributed by atoms with E-state index in [0.29, 0.717) is 0 Å². The van der Waals surface area contributed by atoms with Gasteiger partial charge in [-0.25, -0.2) is 9.97 Å². The Morgan fingerprint density at radius 2 is 0.769 bits per heavy atom. The zero-order valence-electron chi connectivity index (χ0n) is 27.8. The van der Waals surface area contributed by atoms with Crippen molar-refractivity contribution >= 4 is 65.7 Å². The van der Waals surface area contributed by atoms with Crippen molar-refractivity contribution in [1.29, 1.82) is 0 Å². The lowest BCUT2D eigenvalue weighted by atomic mass is 10.1. The molecule has 52 heavy (non-hydrogen) atoms. The van der Waals surface area contributed by atoms with Gasteiger partial charge in [0.2, 0.25) is 0 Å². The smallest absolute Gasteiger partial charge is 0.0894 e. The van der Waals surface area contributed by atoms with Crippen LogP contribution in [0.3, 0.4) is 0 Å². The summed E-state index contributed by atoms with van der Waals surface area (Å²) in [5.41, 5.74) is 14.1. The van der Waals surface area contributed by atoms with Crippen LogP contribution < -0.4 is 0 Å². The number of aromatic nitrogens is 6. The summed E-state index contributed by atoms with van der Waals surface area (Å²) in [4.78, 5) is 19.3. The molecule has 0 amide bonds. The van der Waals surface area contributed by atoms with E-state index in [0.717, 1.165) is 78.0 Å². The molecule has 11 rings (SSSR count). The SMILES string of the molecule is c1cc(-c2cnc3ccccc3n2)cc(-n2c3ccccc3c3c4c5ccccc5n(-c5cccc(-c6cnc7ccccc7n6)c5)c4ccc32)c1. The van der Waals surface area contributed by atoms with Crippen LogP contribution in [0, 0.1) is 0 Å². The molecule has 0 N–H and O–H groups in total. The second-order valence-corrected chi connectivity index (χ2v) is 13.1. The molecule has 0 bridgehead atoms. The Morgan fingerprint density at radius 3 is 1.25 bits per heavy atom. The lowest BCUT2D eigenvalue weighted by molar-refractivity contribution is 1.17. The normalized spacial score (nSPS) is 11.8. The van der Waals surface area contributed by atoms with Crippen molar-refractivity contribution < 1.29 is 0 Å². The van der Waals surface area contributed by atoms with Crippen molar-refractivity contribution in [3.8, 4) is 33.9 Å². The first-order valence-electron chi connectivity index (χ1n) is 17.4. The molecule has 4 heterocycles. The zero-order chi connectivity index (χ0) is 34.2. The number of hydrogen-bond acceptors (Lipinski definition) is 4. The van der Waals surface area contributed by atoms with E-state index >= 15 is 0 Å². The van der Waals surface area contributed by atoms with Crippen molar-refractivity contribution in [3.05, 3.63) is 170 Å². The van der Waals surface area contributed by atoms with E-state index in [-0.39, 0.29) is 0 Å². The van der Waals surface area contributed by atoms with Crippen LogP contribution in [0.15, 0.2) is 170 Å². The molecule has 0 spiro atoms. The Hall–Kier alpha value is -7.18. The quantitative estimate of drug-likeness (QED) is 0.188. The second-order valence-electron chi connectivity index (χ2n) is 13.1. The van der Waals surface area contributed by atoms with Crippen LogP contribution in [0.25, 0.3) is 99.6 Å². The maximum Gasteiger partial charge on any atom is 0.0894 e. The largest absolute Gasteiger partial charge is 0.309 e. The first-order valence-corrected chi connectivity index (χ1v) is 17.4. The van der Waals surface area contributed by atoms with Gasteiger partial charge in [-0.15, -0.1) is 0 Å². The van der Waals surface area contributed by atoms with Gasteiger partial charge in [0.15, 0.2) is 0 Å². The number of para-hydroxylation sites is 6. The van der Waals surface area contributed by atoms with Gasteiger partial charge in [-0.1, -0.05) is 84.9 Å². The van der Waals surface area contributed by atoms with E-state index in [2.05, 4.69) is 118 Å². The van der Waals surface area contributed by atoms with E-state index in [1.54, 1.807) is 0 Å². The Bertz CT molecular complexity index is 2990. The third-order valence-electron chi connectivity index (χ3n) is 10.2. The van der Waals surface area contributed by atoms with Gasteiger partial charge in [-0.3, -0.25) is 9.97 Å². The topological polar surface area (TPSA) is 61.4 Å². The molecule has 0 aliphatic heterocycles. The molecule has 0 atom stereocenters. The molecule has 0 saturated heterocycles. The first kappa shape index (κ1) is 28.6. The standard InChI is InChI=1S/C46H28N6/c1-7-21-41-33(15-1)45-43(51(41)31-13-9-11-29(25-31)39-27-47-35-17-3-5-19-37(35)49-39)23-24-44-46(45)34-16-2-8-22-42(34)52(44)32-14-10-12-30(26-32)40-28-48-36-18-4-6-20-38(36)50-40/h1-28H. The summed E-state index contributed by atoms with van der Waals surface area (Å²) in [6, 6.07) is 55.2. The molecule has 0 radical (unpaired) electrons. The average molecular weight is 665 g/mol. The average Bonchev–Trinajstić information content (AvgIpc) is 3.73. The van der Waals surface area contributed by atoms with Crippen LogP contribution in [0.1, 0.15) is 0 Å². The van der Waals surface area contributed by atoms with Gasteiger partial charge in [0.25, 0.3) is 0 Å². The van der Waals surface area contributed by atoms with Crippen molar-refractivity contribution in [2.24, 2.45) is 0 Å². The van der Waals surface area contributed by atoms with Gasteiger partial charge in [0.1, 0.15) is 0 Å². The van der Waals surface area contributed by atoms with Crippen molar-refractivity contribution in [2.45, 2.75) is 0 Å². The number of benzene rings is 7. The van der Waals surface area contributed by atoms with Crippen LogP contribution in [0.4, 0.5) is 0 Å². The third kappa shape index (κ3) is 4.31.